The molecule has 0 saturated carbocycles. The van der Waals surface area contributed by atoms with Crippen LogP contribution in [0.5, 0.6) is 0 Å². The summed E-state index contributed by atoms with van der Waals surface area (Å²) in [6.45, 7) is 1.55. The summed E-state index contributed by atoms with van der Waals surface area (Å²) in [5.41, 5.74) is 0.798. The molecule has 0 amide bonds. The van der Waals surface area contributed by atoms with Gasteiger partial charge in [-0.15, -0.1) is 10.2 Å². The molecule has 0 atom stereocenters. The SMILES string of the molecule is Cc1nnc(SCc2ccc(F)cc2)n(N)c1=O. The Balaban J connectivity index is 2.13. The third-order valence-electron chi connectivity index (χ3n) is 2.30. The number of nitrogens with two attached hydrogens (primary N) is 1. The van der Waals surface area contributed by atoms with Crippen LogP contribution < -0.4 is 11.4 Å². The minimum absolute atomic E-state index is 0.253. The normalized spacial score (nSPS) is 10.6. The number of aryl methyl sites for hydroxylation is 1. The molecule has 0 fully saturated rings. The first-order valence-electron chi connectivity index (χ1n) is 5.16. The van der Waals surface area contributed by atoms with Crippen LogP contribution >= 0.6 is 11.8 Å². The van der Waals surface area contributed by atoms with Gasteiger partial charge in [0.05, 0.1) is 0 Å². The monoisotopic (exact) mass is 266 g/mol. The predicted molar refractivity (Wildman–Crippen MR) is 67.1 cm³/mol. The Hall–Kier alpha value is -1.89. The summed E-state index contributed by atoms with van der Waals surface area (Å²) in [4.78, 5) is 11.5. The Morgan fingerprint density at radius 2 is 2.00 bits per heavy atom. The molecular formula is C11H11FN4OS. The average Bonchev–Trinajstić information content (AvgIpc) is 2.37. The van der Waals surface area contributed by atoms with Crippen molar-refractivity contribution in [3.05, 3.63) is 51.7 Å². The Kier molecular flexibility index (Phi) is 3.61. The van der Waals surface area contributed by atoms with Crippen LogP contribution in [0.4, 0.5) is 4.39 Å². The maximum Gasteiger partial charge on any atom is 0.294 e. The fourth-order valence-corrected chi connectivity index (χ4v) is 2.11. The van der Waals surface area contributed by atoms with Gasteiger partial charge in [0.2, 0.25) is 5.16 Å². The third-order valence-corrected chi connectivity index (χ3v) is 3.32. The third kappa shape index (κ3) is 2.67. The van der Waals surface area contributed by atoms with Gasteiger partial charge in [0, 0.05) is 5.75 Å². The van der Waals surface area contributed by atoms with E-state index < -0.39 is 0 Å². The molecule has 2 rings (SSSR count). The highest BCUT2D eigenvalue weighted by atomic mass is 32.2. The van der Waals surface area contributed by atoms with Crippen LogP contribution in [-0.4, -0.2) is 14.9 Å². The van der Waals surface area contributed by atoms with Crippen molar-refractivity contribution in [1.82, 2.24) is 14.9 Å². The van der Waals surface area contributed by atoms with Gasteiger partial charge in [-0.2, -0.15) is 4.68 Å². The molecule has 0 unspecified atom stereocenters. The van der Waals surface area contributed by atoms with Crippen LogP contribution in [0, 0.1) is 12.7 Å². The molecule has 1 heterocycles. The lowest BCUT2D eigenvalue weighted by atomic mass is 10.2. The molecule has 0 spiro atoms. The van der Waals surface area contributed by atoms with E-state index in [9.17, 15) is 9.18 Å². The number of halogens is 1. The molecule has 2 aromatic rings. The highest BCUT2D eigenvalue weighted by molar-refractivity contribution is 7.98. The quantitative estimate of drug-likeness (QED) is 0.665. The number of thioether (sulfide) groups is 1. The van der Waals surface area contributed by atoms with E-state index in [0.29, 0.717) is 10.9 Å². The predicted octanol–water partition coefficient (Wildman–Crippen LogP) is 1.09. The highest BCUT2D eigenvalue weighted by Gasteiger charge is 2.07. The van der Waals surface area contributed by atoms with E-state index in [1.807, 2.05) is 0 Å². The first-order chi connectivity index (χ1) is 8.58. The Morgan fingerprint density at radius 3 is 2.67 bits per heavy atom. The van der Waals surface area contributed by atoms with Crippen molar-refractivity contribution in [2.45, 2.75) is 17.8 Å². The smallest absolute Gasteiger partial charge is 0.294 e. The van der Waals surface area contributed by atoms with E-state index in [1.165, 1.54) is 23.9 Å². The fraction of sp³-hybridized carbons (Fsp3) is 0.182. The van der Waals surface area contributed by atoms with Crippen molar-refractivity contribution in [2.75, 3.05) is 5.84 Å². The molecule has 0 aliphatic heterocycles. The maximum atomic E-state index is 12.7. The van der Waals surface area contributed by atoms with Crippen molar-refractivity contribution in [2.24, 2.45) is 0 Å². The highest BCUT2D eigenvalue weighted by Crippen LogP contribution is 2.18. The van der Waals surface area contributed by atoms with E-state index in [0.717, 1.165) is 10.2 Å². The topological polar surface area (TPSA) is 73.8 Å². The maximum absolute atomic E-state index is 12.7. The summed E-state index contributed by atoms with van der Waals surface area (Å²) in [6, 6.07) is 6.10. The zero-order valence-electron chi connectivity index (χ0n) is 9.63. The molecule has 0 aliphatic rings. The number of hydrogen-bond donors (Lipinski definition) is 1. The minimum atomic E-state index is -0.369. The van der Waals surface area contributed by atoms with Gasteiger partial charge in [-0.05, 0) is 24.6 Å². The summed E-state index contributed by atoms with van der Waals surface area (Å²) in [5.74, 6) is 5.85. The summed E-state index contributed by atoms with van der Waals surface area (Å²) < 4.78 is 13.7. The molecule has 0 aliphatic carbocycles. The van der Waals surface area contributed by atoms with Gasteiger partial charge in [-0.3, -0.25) is 4.79 Å². The Labute approximate surface area is 107 Å². The average molecular weight is 266 g/mol. The van der Waals surface area contributed by atoms with Crippen LogP contribution in [-0.2, 0) is 5.75 Å². The molecule has 94 valence electrons. The molecular weight excluding hydrogens is 255 g/mol. The van der Waals surface area contributed by atoms with Crippen molar-refractivity contribution in [3.63, 3.8) is 0 Å². The van der Waals surface area contributed by atoms with E-state index in [-0.39, 0.29) is 17.1 Å². The van der Waals surface area contributed by atoms with Gasteiger partial charge in [-0.25, -0.2) is 4.39 Å². The Bertz CT molecular complexity index is 611. The van der Waals surface area contributed by atoms with Crippen molar-refractivity contribution < 1.29 is 4.39 Å². The summed E-state index contributed by atoms with van der Waals surface area (Å²) in [5, 5.41) is 7.90. The van der Waals surface area contributed by atoms with Gasteiger partial charge in [0.25, 0.3) is 5.56 Å². The zero-order chi connectivity index (χ0) is 13.1. The van der Waals surface area contributed by atoms with E-state index in [2.05, 4.69) is 10.2 Å². The second-order valence-electron chi connectivity index (χ2n) is 3.66. The molecule has 2 N–H and O–H groups in total. The van der Waals surface area contributed by atoms with Crippen LogP contribution in [0.3, 0.4) is 0 Å². The van der Waals surface area contributed by atoms with E-state index >= 15 is 0 Å². The molecule has 0 saturated heterocycles. The van der Waals surface area contributed by atoms with Gasteiger partial charge >= 0.3 is 0 Å². The molecule has 1 aromatic carbocycles. The van der Waals surface area contributed by atoms with Crippen molar-refractivity contribution in [3.8, 4) is 0 Å². The van der Waals surface area contributed by atoms with Gasteiger partial charge < -0.3 is 5.84 Å². The first kappa shape index (κ1) is 12.6. The fourth-order valence-electron chi connectivity index (χ4n) is 1.30. The Morgan fingerprint density at radius 1 is 1.33 bits per heavy atom. The zero-order valence-corrected chi connectivity index (χ0v) is 10.4. The van der Waals surface area contributed by atoms with Crippen LogP contribution in [0.15, 0.2) is 34.2 Å². The molecule has 0 bridgehead atoms. The minimum Gasteiger partial charge on any atom is -0.334 e. The second-order valence-corrected chi connectivity index (χ2v) is 4.60. The summed E-state index contributed by atoms with van der Waals surface area (Å²) in [6.07, 6.45) is 0. The number of aromatic nitrogens is 3. The van der Waals surface area contributed by atoms with Gasteiger partial charge in [-0.1, -0.05) is 23.9 Å². The van der Waals surface area contributed by atoms with Crippen molar-refractivity contribution in [1.29, 1.82) is 0 Å². The molecule has 18 heavy (non-hydrogen) atoms. The molecule has 7 heteroatoms. The lowest BCUT2D eigenvalue weighted by molar-refractivity contribution is 0.627. The lowest BCUT2D eigenvalue weighted by Crippen LogP contribution is -2.32. The number of rotatable bonds is 3. The number of nitrogen functional groups attached to an aromatic ring is 1. The standard InChI is InChI=1S/C11H11FN4OS/c1-7-10(17)16(13)11(15-14-7)18-6-8-2-4-9(12)5-3-8/h2-5H,6,13H2,1H3. The molecule has 0 radical (unpaired) electrons. The largest absolute Gasteiger partial charge is 0.334 e. The number of nitrogens with zero attached hydrogens (tertiary/aromatic N) is 3. The van der Waals surface area contributed by atoms with Crippen LogP contribution in [0.2, 0.25) is 0 Å². The number of hydrogen-bond acceptors (Lipinski definition) is 5. The summed E-state index contributed by atoms with van der Waals surface area (Å²) >= 11 is 1.27. The summed E-state index contributed by atoms with van der Waals surface area (Å²) in [7, 11) is 0. The van der Waals surface area contributed by atoms with Gasteiger partial charge in [0.1, 0.15) is 11.5 Å². The second kappa shape index (κ2) is 5.18. The van der Waals surface area contributed by atoms with Crippen LogP contribution in [0.1, 0.15) is 11.3 Å². The van der Waals surface area contributed by atoms with Gasteiger partial charge in [0.15, 0.2) is 0 Å². The number of benzene rings is 1. The molecule has 1 aromatic heterocycles. The van der Waals surface area contributed by atoms with Crippen LogP contribution in [0.25, 0.3) is 0 Å². The van der Waals surface area contributed by atoms with E-state index in [4.69, 9.17) is 5.84 Å². The first-order valence-corrected chi connectivity index (χ1v) is 6.15. The lowest BCUT2D eigenvalue weighted by Gasteiger charge is -2.05. The molecule has 5 nitrogen and oxygen atoms in total. The van der Waals surface area contributed by atoms with E-state index in [1.54, 1.807) is 19.1 Å². The van der Waals surface area contributed by atoms with Crippen molar-refractivity contribution >= 4 is 11.8 Å².